The smallest absolute Gasteiger partial charge is 0.416 e. The summed E-state index contributed by atoms with van der Waals surface area (Å²) in [5, 5.41) is 1.05. The van der Waals surface area contributed by atoms with Crippen molar-refractivity contribution in [2.45, 2.75) is 6.18 Å². The fourth-order valence-corrected chi connectivity index (χ4v) is 3.92. The lowest BCUT2D eigenvalue weighted by molar-refractivity contribution is -0.642. The first-order chi connectivity index (χ1) is 12.9. The number of nitrogens with zero attached hydrogens (tertiary/aromatic N) is 1. The molecule has 136 valence electrons. The summed E-state index contributed by atoms with van der Waals surface area (Å²) in [6.07, 6.45) is -0.609. The largest absolute Gasteiger partial charge is 0.457 e. The van der Waals surface area contributed by atoms with E-state index >= 15 is 0 Å². The van der Waals surface area contributed by atoms with Gasteiger partial charge in [-0.1, -0.05) is 35.6 Å². The van der Waals surface area contributed by atoms with Crippen molar-refractivity contribution < 1.29 is 22.2 Å². The third kappa shape index (κ3) is 3.53. The van der Waals surface area contributed by atoms with Crippen LogP contribution in [0, 0.1) is 0 Å². The Kier molecular flexibility index (Phi) is 4.36. The van der Waals surface area contributed by atoms with E-state index in [4.69, 9.17) is 4.42 Å². The van der Waals surface area contributed by atoms with Crippen LogP contribution in [0.3, 0.4) is 0 Å². The van der Waals surface area contributed by atoms with Crippen molar-refractivity contribution in [1.29, 1.82) is 0 Å². The molecule has 0 N–H and O–H groups in total. The third-order valence-corrected chi connectivity index (χ3v) is 5.45. The van der Waals surface area contributed by atoms with Crippen LogP contribution in [-0.4, -0.2) is 0 Å². The maximum atomic E-state index is 12.9. The van der Waals surface area contributed by atoms with Crippen LogP contribution in [0.1, 0.15) is 16.3 Å². The molecule has 0 spiro atoms. The Morgan fingerprint density at radius 3 is 2.56 bits per heavy atom. The number of aromatic nitrogens is 1. The van der Waals surface area contributed by atoms with Crippen molar-refractivity contribution >= 4 is 33.7 Å². The molecule has 0 bridgehead atoms. The van der Waals surface area contributed by atoms with Crippen molar-refractivity contribution in [2.75, 3.05) is 0 Å². The summed E-state index contributed by atoms with van der Waals surface area (Å²) in [6, 6.07) is 16.7. The first-order valence-electron chi connectivity index (χ1n) is 8.25. The molecule has 0 saturated carbocycles. The van der Waals surface area contributed by atoms with E-state index in [1.165, 1.54) is 10.8 Å². The molecule has 0 aliphatic heterocycles. The molecule has 0 atom stereocenters. The van der Waals surface area contributed by atoms with Gasteiger partial charge in [0.1, 0.15) is 23.3 Å². The number of benzene rings is 2. The number of halogens is 3. The molecule has 2 nitrogen and oxygen atoms in total. The number of alkyl halides is 3. The van der Waals surface area contributed by atoms with Gasteiger partial charge >= 0.3 is 6.18 Å². The Bertz CT molecular complexity index is 1140. The van der Waals surface area contributed by atoms with Crippen LogP contribution >= 0.6 is 11.3 Å². The number of hydrogen-bond acceptors (Lipinski definition) is 2. The first-order valence-corrected chi connectivity index (χ1v) is 9.06. The van der Waals surface area contributed by atoms with Crippen LogP contribution in [0.4, 0.5) is 13.2 Å². The molecule has 0 aliphatic carbocycles. The molecule has 2 heterocycles. The lowest BCUT2D eigenvalue weighted by Gasteiger charge is -2.07. The Hall–Kier alpha value is -2.86. The van der Waals surface area contributed by atoms with E-state index in [1.807, 2.05) is 31.3 Å². The van der Waals surface area contributed by atoms with Crippen LogP contribution in [0.5, 0.6) is 0 Å². The second-order valence-corrected chi connectivity index (χ2v) is 7.14. The van der Waals surface area contributed by atoms with E-state index in [0.29, 0.717) is 17.1 Å². The van der Waals surface area contributed by atoms with Gasteiger partial charge in [0.25, 0.3) is 5.01 Å². The molecule has 0 fully saturated rings. The number of furan rings is 1. The highest BCUT2D eigenvalue weighted by molar-refractivity contribution is 7.18. The number of para-hydroxylation sites is 1. The van der Waals surface area contributed by atoms with Gasteiger partial charge in [0.05, 0.1) is 5.56 Å². The molecule has 0 saturated heterocycles. The molecule has 4 aromatic rings. The molecule has 0 unspecified atom stereocenters. The van der Waals surface area contributed by atoms with Gasteiger partial charge in [0.2, 0.25) is 5.52 Å². The third-order valence-electron chi connectivity index (χ3n) is 4.26. The summed E-state index contributed by atoms with van der Waals surface area (Å²) in [6.45, 7) is 0. The fraction of sp³-hybridized carbons (Fsp3) is 0.0952. The molecule has 4 rings (SSSR count). The summed E-state index contributed by atoms with van der Waals surface area (Å²) in [5.41, 5.74) is 0.855. The predicted molar refractivity (Wildman–Crippen MR) is 101 cm³/mol. The predicted octanol–water partition coefficient (Wildman–Crippen LogP) is 6.18. The normalized spacial score (nSPS) is 12.3. The second-order valence-electron chi connectivity index (χ2n) is 6.08. The van der Waals surface area contributed by atoms with Gasteiger partial charge in [0, 0.05) is 17.7 Å². The zero-order valence-corrected chi connectivity index (χ0v) is 15.1. The van der Waals surface area contributed by atoms with E-state index in [1.54, 1.807) is 29.5 Å². The minimum atomic E-state index is -4.37. The number of rotatable bonds is 3. The summed E-state index contributed by atoms with van der Waals surface area (Å²) >= 11 is 1.66. The van der Waals surface area contributed by atoms with Gasteiger partial charge in [-0.15, -0.1) is 0 Å². The highest BCUT2D eigenvalue weighted by Gasteiger charge is 2.30. The Balaban J connectivity index is 1.61. The summed E-state index contributed by atoms with van der Waals surface area (Å²) in [5.74, 6) is 0.987. The van der Waals surface area contributed by atoms with E-state index in [2.05, 4.69) is 16.7 Å². The number of hydrogen-bond donors (Lipinski definition) is 0. The lowest BCUT2D eigenvalue weighted by atomic mass is 10.1. The average Bonchev–Trinajstić information content (AvgIpc) is 3.25. The average molecular weight is 386 g/mol. The number of thiazole rings is 1. The maximum absolute atomic E-state index is 12.9. The van der Waals surface area contributed by atoms with Crippen molar-refractivity contribution in [3.05, 3.63) is 77.0 Å². The van der Waals surface area contributed by atoms with Gasteiger partial charge in [-0.25, -0.2) is 0 Å². The molecule has 0 amide bonds. The van der Waals surface area contributed by atoms with Gasteiger partial charge in [-0.3, -0.25) is 0 Å². The second kappa shape index (κ2) is 6.70. The molecular formula is C21H15F3NOS+. The van der Waals surface area contributed by atoms with Gasteiger partial charge < -0.3 is 4.42 Å². The summed E-state index contributed by atoms with van der Waals surface area (Å²) in [7, 11) is 1.99. The van der Waals surface area contributed by atoms with Gasteiger partial charge in [-0.05, 0) is 36.4 Å². The van der Waals surface area contributed by atoms with E-state index in [-0.39, 0.29) is 0 Å². The summed E-state index contributed by atoms with van der Waals surface area (Å²) < 4.78 is 47.6. The SMILES string of the molecule is C[n+]1c(C=Cc2ccc(-c3cccc(C(F)(F)F)c3)o2)sc2ccccc21. The molecule has 0 aliphatic rings. The van der Waals surface area contributed by atoms with Crippen LogP contribution in [0.25, 0.3) is 33.7 Å². The van der Waals surface area contributed by atoms with Gasteiger partial charge in [0.15, 0.2) is 0 Å². The fourth-order valence-electron chi connectivity index (χ4n) is 2.87. The van der Waals surface area contributed by atoms with Crippen LogP contribution in [-0.2, 0) is 13.2 Å². The van der Waals surface area contributed by atoms with Crippen molar-refractivity contribution in [2.24, 2.45) is 7.05 Å². The van der Waals surface area contributed by atoms with E-state index in [0.717, 1.165) is 22.7 Å². The molecular weight excluding hydrogens is 371 g/mol. The van der Waals surface area contributed by atoms with Crippen molar-refractivity contribution in [1.82, 2.24) is 0 Å². The monoisotopic (exact) mass is 386 g/mol. The highest BCUT2D eigenvalue weighted by atomic mass is 32.1. The van der Waals surface area contributed by atoms with E-state index in [9.17, 15) is 13.2 Å². The van der Waals surface area contributed by atoms with Gasteiger partial charge in [-0.2, -0.15) is 17.7 Å². The molecule has 2 aromatic carbocycles. The quantitative estimate of drug-likeness (QED) is 0.385. The van der Waals surface area contributed by atoms with Crippen LogP contribution in [0.2, 0.25) is 0 Å². The zero-order chi connectivity index (χ0) is 19.0. The van der Waals surface area contributed by atoms with Crippen molar-refractivity contribution in [3.63, 3.8) is 0 Å². The van der Waals surface area contributed by atoms with Crippen LogP contribution < -0.4 is 4.57 Å². The Labute approximate surface area is 157 Å². The van der Waals surface area contributed by atoms with Crippen LogP contribution in [0.15, 0.2) is 65.1 Å². The molecule has 0 radical (unpaired) electrons. The minimum Gasteiger partial charge on any atom is -0.457 e. The maximum Gasteiger partial charge on any atom is 0.416 e. The molecule has 6 heteroatoms. The minimum absolute atomic E-state index is 0.400. The highest BCUT2D eigenvalue weighted by Crippen LogP contribution is 2.33. The number of fused-ring (bicyclic) bond motifs is 1. The number of aryl methyl sites for hydroxylation is 1. The lowest BCUT2D eigenvalue weighted by Crippen LogP contribution is -2.28. The summed E-state index contributed by atoms with van der Waals surface area (Å²) in [4.78, 5) is 0. The van der Waals surface area contributed by atoms with E-state index < -0.39 is 11.7 Å². The molecule has 27 heavy (non-hydrogen) atoms. The first kappa shape index (κ1) is 17.5. The standard InChI is InChI=1S/C21H15F3NOS/c1-25-17-7-2-3-8-19(17)27-20(25)12-10-16-9-11-18(26-16)14-5-4-6-15(13-14)21(22,23)24/h2-13H,1H3/q+1. The Morgan fingerprint density at radius 2 is 1.78 bits per heavy atom. The topological polar surface area (TPSA) is 17.0 Å². The molecule has 2 aromatic heterocycles. The van der Waals surface area contributed by atoms with Crippen molar-refractivity contribution in [3.8, 4) is 11.3 Å². The Morgan fingerprint density at radius 1 is 0.963 bits per heavy atom. The zero-order valence-electron chi connectivity index (χ0n) is 14.3.